The van der Waals surface area contributed by atoms with E-state index in [0.717, 1.165) is 51.9 Å². The third kappa shape index (κ3) is 22.9. The van der Waals surface area contributed by atoms with Gasteiger partial charge in [-0.05, 0) is 126 Å². The molecular formula is C78H88Cl4N12O12Si2. The van der Waals surface area contributed by atoms with Crippen molar-refractivity contribution in [1.82, 2.24) is 59.5 Å². The van der Waals surface area contributed by atoms with E-state index in [1.54, 1.807) is 36.4 Å². The van der Waals surface area contributed by atoms with Gasteiger partial charge in [0.05, 0.1) is 140 Å². The molecule has 8 N–H and O–H groups in total. The molecule has 4 saturated heterocycles. The number of hydrogen-bond acceptors (Lipinski definition) is 20. The van der Waals surface area contributed by atoms with Gasteiger partial charge in [0.25, 0.3) is 22.2 Å². The van der Waals surface area contributed by atoms with Crippen molar-refractivity contribution in [1.29, 1.82) is 0 Å². The third-order valence-corrected chi connectivity index (χ3v) is 21.5. The summed E-state index contributed by atoms with van der Waals surface area (Å²) in [5.74, 6) is 10.5. The Labute approximate surface area is 646 Å². The monoisotopic (exact) mass is 1580 g/mol. The molecule has 4 fully saturated rings. The summed E-state index contributed by atoms with van der Waals surface area (Å²) in [5, 5.41) is 55.3. The number of carbonyl (C=O) groups excluding carboxylic acids is 4. The van der Waals surface area contributed by atoms with E-state index in [9.17, 15) is 58.8 Å². The van der Waals surface area contributed by atoms with Crippen LogP contribution in [-0.2, 0) is 45.4 Å². The molecule has 30 heteroatoms. The summed E-state index contributed by atoms with van der Waals surface area (Å²) in [6.45, 7) is 15.6. The Balaban J connectivity index is 0.000000167. The summed E-state index contributed by atoms with van der Waals surface area (Å²) >= 11 is 24.8. The van der Waals surface area contributed by atoms with Gasteiger partial charge in [-0.15, -0.1) is 23.9 Å². The number of ketones is 4. The number of aliphatic hydroxyl groups is 4. The maximum Gasteiger partial charge on any atom is 0.261 e. The molecule has 8 aromatic rings. The fraction of sp³-hybridized carbons (Fsp3) is 0.436. The highest BCUT2D eigenvalue weighted by Crippen LogP contribution is 2.26. The molecular weight excluding hydrogens is 1490 g/mol. The SMILES string of the molecule is C#Cc1cc2ncn(CC(=O)CC3NCCCC3O)c(=O)c2cc1Cl.C#Cc1cc2ncn(CC(=O)C[C@H]3NCCC[C@@H]3O)c(=O)c2cc1Cl.C[Si](C)(C)C#Cc1cc2ncn(CC(=O)CC3NCCCC3O)c(=O)c2cc1Cl.C[Si](C)(C)C#Cc1cc2ncn(CC(=O)C[C@H]3NCCC[C@@H]3O)c(=O)c2cc1Cl. The minimum Gasteiger partial charge on any atom is -0.391 e. The molecule has 4 unspecified atom stereocenters. The number of aromatic nitrogens is 8. The number of carbonyl (C=O) groups is 4. The van der Waals surface area contributed by atoms with Crippen LogP contribution in [0.15, 0.2) is 93.0 Å². The average Bonchev–Trinajstić information content (AvgIpc) is 0.809. The first-order valence-electron chi connectivity index (χ1n) is 35.7. The molecule has 24 nitrogen and oxygen atoms in total. The third-order valence-electron chi connectivity index (χ3n) is 18.5. The van der Waals surface area contributed by atoms with Crippen molar-refractivity contribution < 1.29 is 39.6 Å². The standard InChI is InChI=1S/2C21H26ClN3O3Si.2C18H18ClN3O3/c2*1-29(2,3)8-6-14-9-18-16(11-17(14)22)21(28)25(13-24-18)12-15(26)10-19-20(27)5-4-7-23-19;2*1-2-11-6-15-13(8-14(11)19)18(25)22(10-21-15)9-12(23)7-16-17(24)4-3-5-20-16/h2*9,11,13,19-20,23,27H,4-5,7,10,12H2,1-3H3;2*1,6,8,10,16-17,20,24H,3-5,7,9H2/t19-,20+;;16-,17+;/m1.1./s1. The molecule has 4 aliphatic heterocycles. The number of Topliss-reactive ketones (excluding diaryl/α,β-unsaturated/α-hetero) is 4. The zero-order chi connectivity index (χ0) is 78.3. The maximum atomic E-state index is 12.8. The lowest BCUT2D eigenvalue weighted by molar-refractivity contribution is -0.121. The molecule has 0 saturated carbocycles. The molecule has 8 atom stereocenters. The van der Waals surface area contributed by atoms with Crippen LogP contribution in [0.1, 0.15) is 99.3 Å². The number of fused-ring (bicyclic) bond motifs is 4. The second kappa shape index (κ2) is 37.8. The topological polar surface area (TPSA) is 337 Å². The van der Waals surface area contributed by atoms with E-state index in [2.05, 4.69) is 115 Å². The zero-order valence-corrected chi connectivity index (χ0v) is 66.0. The summed E-state index contributed by atoms with van der Waals surface area (Å²) < 4.78 is 5.10. The molecule has 0 amide bonds. The molecule has 12 rings (SSSR count). The lowest BCUT2D eigenvalue weighted by Gasteiger charge is -2.28. The summed E-state index contributed by atoms with van der Waals surface area (Å²) in [6.07, 6.45) is 21.0. The summed E-state index contributed by atoms with van der Waals surface area (Å²) in [6, 6.07) is 11.7. The van der Waals surface area contributed by atoms with Crippen molar-refractivity contribution >= 4 is 129 Å². The Morgan fingerprint density at radius 1 is 0.407 bits per heavy atom. The molecule has 4 aliphatic rings. The number of piperidine rings is 4. The molecule has 568 valence electrons. The van der Waals surface area contributed by atoms with Crippen LogP contribution in [0.3, 0.4) is 0 Å². The van der Waals surface area contributed by atoms with Crippen LogP contribution in [-0.4, -0.2) is 173 Å². The average molecular weight is 1580 g/mol. The number of nitrogens with one attached hydrogen (secondary N) is 4. The number of terminal acetylenes is 2. The van der Waals surface area contributed by atoms with E-state index < -0.39 is 40.6 Å². The highest BCUT2D eigenvalue weighted by atomic mass is 35.5. The van der Waals surface area contributed by atoms with Gasteiger partial charge in [-0.25, -0.2) is 19.9 Å². The predicted molar refractivity (Wildman–Crippen MR) is 427 cm³/mol. The highest BCUT2D eigenvalue weighted by Gasteiger charge is 2.30. The van der Waals surface area contributed by atoms with Gasteiger partial charge in [0.15, 0.2) is 23.1 Å². The molecule has 0 spiro atoms. The van der Waals surface area contributed by atoms with E-state index in [4.69, 9.17) is 59.3 Å². The summed E-state index contributed by atoms with van der Waals surface area (Å²) in [5.41, 5.74) is 9.33. The van der Waals surface area contributed by atoms with Gasteiger partial charge in [0.2, 0.25) is 0 Å². The quantitative estimate of drug-likeness (QED) is 0.0360. The number of rotatable bonds is 16. The van der Waals surface area contributed by atoms with Gasteiger partial charge in [0, 0.05) is 72.1 Å². The largest absolute Gasteiger partial charge is 0.391 e. The predicted octanol–water partition coefficient (Wildman–Crippen LogP) is 6.91. The number of benzene rings is 4. The van der Waals surface area contributed by atoms with E-state index >= 15 is 0 Å². The van der Waals surface area contributed by atoms with Gasteiger partial charge >= 0.3 is 0 Å². The first kappa shape index (κ1) is 83.7. The number of halogens is 4. The van der Waals surface area contributed by atoms with Crippen LogP contribution in [0.25, 0.3) is 43.6 Å². The van der Waals surface area contributed by atoms with Crippen LogP contribution < -0.4 is 43.5 Å². The van der Waals surface area contributed by atoms with Gasteiger partial charge in [-0.3, -0.25) is 56.6 Å². The minimum absolute atomic E-state index is 0.0819. The van der Waals surface area contributed by atoms with Crippen LogP contribution in [0.5, 0.6) is 0 Å². The second-order valence-electron chi connectivity index (χ2n) is 29.4. The molecule has 0 radical (unpaired) electrons. The Morgan fingerprint density at radius 3 is 0.843 bits per heavy atom. The molecule has 8 heterocycles. The van der Waals surface area contributed by atoms with Crippen molar-refractivity contribution in [2.75, 3.05) is 26.2 Å². The fourth-order valence-corrected chi connectivity index (χ4v) is 14.5. The molecule has 4 aromatic heterocycles. The highest BCUT2D eigenvalue weighted by molar-refractivity contribution is 6.84. The summed E-state index contributed by atoms with van der Waals surface area (Å²) in [4.78, 5) is 117. The summed E-state index contributed by atoms with van der Waals surface area (Å²) in [7, 11) is -3.12. The first-order valence-corrected chi connectivity index (χ1v) is 44.2. The van der Waals surface area contributed by atoms with Crippen molar-refractivity contribution in [3.8, 4) is 47.6 Å². The van der Waals surface area contributed by atoms with Crippen molar-refractivity contribution in [3.63, 3.8) is 0 Å². The number of hydrogen-bond donors (Lipinski definition) is 8. The Hall–Kier alpha value is -8.37. The molecule has 108 heavy (non-hydrogen) atoms. The van der Waals surface area contributed by atoms with E-state index in [0.29, 0.717) is 112 Å². The normalized spacial score (nSPS) is 20.0. The van der Waals surface area contributed by atoms with E-state index in [-0.39, 0.29) is 121 Å². The zero-order valence-electron chi connectivity index (χ0n) is 61.0. The molecule has 4 aromatic carbocycles. The molecule has 0 aliphatic carbocycles. The van der Waals surface area contributed by atoms with Gasteiger partial charge < -0.3 is 41.7 Å². The van der Waals surface area contributed by atoms with Gasteiger partial charge in [-0.1, -0.05) is 109 Å². The fourth-order valence-electron chi connectivity index (χ4n) is 12.7. The lowest BCUT2D eigenvalue weighted by atomic mass is 9.97. The van der Waals surface area contributed by atoms with Crippen LogP contribution in [0.2, 0.25) is 59.4 Å². The van der Waals surface area contributed by atoms with Crippen LogP contribution in [0, 0.1) is 47.6 Å². The van der Waals surface area contributed by atoms with Crippen molar-refractivity contribution in [3.05, 3.63) is 158 Å². The Morgan fingerprint density at radius 2 is 0.630 bits per heavy atom. The maximum absolute atomic E-state index is 12.8. The number of aliphatic hydroxyl groups excluding tert-OH is 4. The van der Waals surface area contributed by atoms with Gasteiger partial charge in [0.1, 0.15) is 16.1 Å². The molecule has 0 bridgehead atoms. The van der Waals surface area contributed by atoms with Crippen molar-refractivity contribution in [2.24, 2.45) is 0 Å². The van der Waals surface area contributed by atoms with Gasteiger partial charge in [-0.2, -0.15) is 0 Å². The first-order chi connectivity index (χ1) is 51.3. The Kier molecular flexibility index (Phi) is 29.3. The van der Waals surface area contributed by atoms with Crippen molar-refractivity contribution in [2.45, 2.75) is 191 Å². The van der Waals surface area contributed by atoms with Crippen LogP contribution in [0.4, 0.5) is 0 Å². The smallest absolute Gasteiger partial charge is 0.261 e. The van der Waals surface area contributed by atoms with E-state index in [1.165, 1.54) is 55.7 Å². The van der Waals surface area contributed by atoms with E-state index in [1.807, 2.05) is 0 Å². The van der Waals surface area contributed by atoms with Crippen LogP contribution >= 0.6 is 46.4 Å². The minimum atomic E-state index is -1.56. The number of nitrogens with zero attached hydrogens (tertiary/aromatic N) is 8. The lowest BCUT2D eigenvalue weighted by Crippen LogP contribution is -2.46. The Bertz CT molecular complexity index is 4890. The second-order valence-corrected chi connectivity index (χ2v) is 40.6.